The van der Waals surface area contributed by atoms with Gasteiger partial charge in [-0.2, -0.15) is 4.72 Å². The predicted molar refractivity (Wildman–Crippen MR) is 127 cm³/mol. The zero-order valence-electron chi connectivity index (χ0n) is 19.7. The van der Waals surface area contributed by atoms with Crippen LogP contribution in [0.4, 0.5) is 0 Å². The molecule has 0 amide bonds. The largest absolute Gasteiger partial charge is 0.425 e. The molecule has 1 heterocycles. The second kappa shape index (κ2) is 9.49. The summed E-state index contributed by atoms with van der Waals surface area (Å²) in [5.74, 6) is -0.827. The molecule has 0 bridgehead atoms. The molecule has 2 aromatic carbocycles. The number of rotatable bonds is 7. The van der Waals surface area contributed by atoms with Crippen molar-refractivity contribution < 1.29 is 22.4 Å². The molecule has 0 unspecified atom stereocenters. The second-order valence-corrected chi connectivity index (χ2v) is 10.2. The van der Waals surface area contributed by atoms with Crippen LogP contribution >= 0.6 is 0 Å². The standard InChI is InChI=1S/C25H29NO6S/c1-7-16(4)23(26-33(29,30)19-10-8-14(2)9-11-19)25(28)32-21-13-15(3)12-20-22(21)17(5)18(6)24(27)31-20/h8-13,16,23,26H,7H2,1-6H3/t16-,23+/m1/s1. The van der Waals surface area contributed by atoms with E-state index in [1.54, 1.807) is 52.0 Å². The number of nitrogens with one attached hydrogen (secondary N) is 1. The average Bonchev–Trinajstić information content (AvgIpc) is 2.75. The number of aryl methyl sites for hydroxylation is 3. The van der Waals surface area contributed by atoms with Gasteiger partial charge in [0.2, 0.25) is 10.0 Å². The fourth-order valence-corrected chi connectivity index (χ4v) is 4.82. The van der Waals surface area contributed by atoms with Crippen LogP contribution in [0.1, 0.15) is 42.5 Å². The van der Waals surface area contributed by atoms with E-state index in [4.69, 9.17) is 9.15 Å². The van der Waals surface area contributed by atoms with Crippen molar-refractivity contribution in [1.82, 2.24) is 4.72 Å². The molecule has 1 aromatic heterocycles. The van der Waals surface area contributed by atoms with Gasteiger partial charge in [0.25, 0.3) is 0 Å². The van der Waals surface area contributed by atoms with Gasteiger partial charge >= 0.3 is 11.6 Å². The lowest BCUT2D eigenvalue weighted by Gasteiger charge is -2.23. The quantitative estimate of drug-likeness (QED) is 0.313. The van der Waals surface area contributed by atoms with Crippen LogP contribution in [-0.4, -0.2) is 20.4 Å². The molecule has 0 saturated heterocycles. The van der Waals surface area contributed by atoms with Crippen molar-refractivity contribution in [3.8, 4) is 5.75 Å². The van der Waals surface area contributed by atoms with Gasteiger partial charge in [0.15, 0.2) is 0 Å². The highest BCUT2D eigenvalue weighted by molar-refractivity contribution is 7.89. The summed E-state index contributed by atoms with van der Waals surface area (Å²) in [4.78, 5) is 25.4. The van der Waals surface area contributed by atoms with E-state index in [1.165, 1.54) is 12.1 Å². The Kier molecular flexibility index (Phi) is 7.09. The normalized spacial score (nSPS) is 13.6. The molecule has 0 spiro atoms. The van der Waals surface area contributed by atoms with Gasteiger partial charge in [0.05, 0.1) is 10.3 Å². The van der Waals surface area contributed by atoms with Crippen molar-refractivity contribution in [3.63, 3.8) is 0 Å². The molecule has 0 fully saturated rings. The first-order valence-electron chi connectivity index (χ1n) is 10.8. The highest BCUT2D eigenvalue weighted by Gasteiger charge is 2.32. The molecule has 7 nitrogen and oxygen atoms in total. The van der Waals surface area contributed by atoms with Gasteiger partial charge in [0.1, 0.15) is 17.4 Å². The third-order valence-corrected chi connectivity index (χ3v) is 7.40. The van der Waals surface area contributed by atoms with E-state index in [1.807, 2.05) is 13.8 Å². The van der Waals surface area contributed by atoms with Gasteiger partial charge in [0, 0.05) is 5.56 Å². The third-order valence-electron chi connectivity index (χ3n) is 5.95. The molecule has 0 saturated carbocycles. The number of sulfonamides is 1. The van der Waals surface area contributed by atoms with Crippen LogP contribution in [-0.2, 0) is 14.8 Å². The highest BCUT2D eigenvalue weighted by Crippen LogP contribution is 2.31. The van der Waals surface area contributed by atoms with Crippen LogP contribution in [0.25, 0.3) is 11.0 Å². The zero-order chi connectivity index (χ0) is 24.5. The van der Waals surface area contributed by atoms with Crippen LogP contribution in [0.15, 0.2) is 50.5 Å². The fraction of sp³-hybridized carbons (Fsp3) is 0.360. The summed E-state index contributed by atoms with van der Waals surface area (Å²) in [5.41, 5.74) is 2.58. The van der Waals surface area contributed by atoms with Crippen LogP contribution < -0.4 is 15.1 Å². The van der Waals surface area contributed by atoms with Crippen LogP contribution in [0.5, 0.6) is 5.75 Å². The van der Waals surface area contributed by atoms with E-state index in [0.29, 0.717) is 28.5 Å². The van der Waals surface area contributed by atoms with Crippen molar-refractivity contribution in [2.75, 3.05) is 0 Å². The molecule has 3 rings (SSSR count). The van der Waals surface area contributed by atoms with Crippen molar-refractivity contribution in [3.05, 3.63) is 69.1 Å². The summed E-state index contributed by atoms with van der Waals surface area (Å²) in [5, 5.41) is 0.510. The topological polar surface area (TPSA) is 103 Å². The van der Waals surface area contributed by atoms with Gasteiger partial charge in [-0.3, -0.25) is 0 Å². The van der Waals surface area contributed by atoms with Crippen LogP contribution in [0.2, 0.25) is 0 Å². The molecule has 0 aliphatic heterocycles. The lowest BCUT2D eigenvalue weighted by Crippen LogP contribution is -2.47. The maximum absolute atomic E-state index is 13.3. The fourth-order valence-electron chi connectivity index (χ4n) is 3.53. The van der Waals surface area contributed by atoms with Crippen molar-refractivity contribution >= 4 is 27.0 Å². The van der Waals surface area contributed by atoms with Crippen molar-refractivity contribution in [2.24, 2.45) is 5.92 Å². The summed E-state index contributed by atoms with van der Waals surface area (Å²) < 4.78 is 39.6. The average molecular weight is 472 g/mol. The highest BCUT2D eigenvalue weighted by atomic mass is 32.2. The first-order chi connectivity index (χ1) is 15.4. The lowest BCUT2D eigenvalue weighted by molar-refractivity contribution is -0.137. The summed E-state index contributed by atoms with van der Waals surface area (Å²) in [6.45, 7) is 10.7. The van der Waals surface area contributed by atoms with Gasteiger partial charge in [-0.15, -0.1) is 0 Å². The molecular formula is C25H29NO6S. The summed E-state index contributed by atoms with van der Waals surface area (Å²) in [6, 6.07) is 8.67. The molecule has 0 aliphatic rings. The second-order valence-electron chi connectivity index (χ2n) is 8.49. The molecule has 1 N–H and O–H groups in total. The summed E-state index contributed by atoms with van der Waals surface area (Å²) >= 11 is 0. The minimum absolute atomic E-state index is 0.0726. The first kappa shape index (κ1) is 24.7. The maximum Gasteiger partial charge on any atom is 0.339 e. The number of fused-ring (bicyclic) bond motifs is 1. The SMILES string of the molecule is CC[C@@H](C)[C@H](NS(=O)(=O)c1ccc(C)cc1)C(=O)Oc1cc(C)cc2oc(=O)c(C)c(C)c12. The van der Waals surface area contributed by atoms with E-state index in [0.717, 1.165) is 11.1 Å². The first-order valence-corrected chi connectivity index (χ1v) is 12.3. The molecule has 2 atom stereocenters. The van der Waals surface area contributed by atoms with Crippen LogP contribution in [0, 0.1) is 33.6 Å². The molecule has 176 valence electrons. The molecule has 0 radical (unpaired) electrons. The number of hydrogen-bond donors (Lipinski definition) is 1. The van der Waals surface area contributed by atoms with E-state index >= 15 is 0 Å². The van der Waals surface area contributed by atoms with Gasteiger partial charge in [-0.1, -0.05) is 38.0 Å². The Morgan fingerprint density at radius 3 is 2.27 bits per heavy atom. The van der Waals surface area contributed by atoms with Crippen molar-refractivity contribution in [1.29, 1.82) is 0 Å². The summed E-state index contributed by atoms with van der Waals surface area (Å²) in [6.07, 6.45) is 0.553. The van der Waals surface area contributed by atoms with E-state index in [2.05, 4.69) is 4.72 Å². The molecule has 8 heteroatoms. The smallest absolute Gasteiger partial charge is 0.339 e. The van der Waals surface area contributed by atoms with Gasteiger partial charge < -0.3 is 9.15 Å². The summed E-state index contributed by atoms with van der Waals surface area (Å²) in [7, 11) is -3.95. The predicted octanol–water partition coefficient (Wildman–Crippen LogP) is 4.33. The Morgan fingerprint density at radius 2 is 1.67 bits per heavy atom. The molecular weight excluding hydrogens is 442 g/mol. The monoisotopic (exact) mass is 471 g/mol. The van der Waals surface area contributed by atoms with E-state index < -0.39 is 27.7 Å². The number of ether oxygens (including phenoxy) is 1. The Morgan fingerprint density at radius 1 is 1.03 bits per heavy atom. The minimum atomic E-state index is -3.95. The molecule has 0 aliphatic carbocycles. The number of carbonyl (C=O) groups is 1. The van der Waals surface area contributed by atoms with E-state index in [9.17, 15) is 18.0 Å². The third kappa shape index (κ3) is 5.17. The number of esters is 1. The van der Waals surface area contributed by atoms with Crippen molar-refractivity contribution in [2.45, 2.75) is 58.9 Å². The molecule has 33 heavy (non-hydrogen) atoms. The van der Waals surface area contributed by atoms with Gasteiger partial charge in [-0.25, -0.2) is 18.0 Å². The van der Waals surface area contributed by atoms with Gasteiger partial charge in [-0.05, 0) is 69.0 Å². The number of hydrogen-bond acceptors (Lipinski definition) is 6. The minimum Gasteiger partial charge on any atom is -0.425 e. The number of carbonyl (C=O) groups excluding carboxylic acids is 1. The maximum atomic E-state index is 13.3. The Labute approximate surface area is 193 Å². The molecule has 3 aromatic rings. The van der Waals surface area contributed by atoms with Crippen LogP contribution in [0.3, 0.4) is 0 Å². The lowest BCUT2D eigenvalue weighted by atomic mass is 10.00. The Balaban J connectivity index is 2.01. The Bertz CT molecular complexity index is 1360. The Hall–Kier alpha value is -2.97. The zero-order valence-corrected chi connectivity index (χ0v) is 20.5. The van der Waals surface area contributed by atoms with E-state index in [-0.39, 0.29) is 16.6 Å². The number of benzene rings is 2.